The summed E-state index contributed by atoms with van der Waals surface area (Å²) >= 11 is 0. The van der Waals surface area contributed by atoms with E-state index in [-0.39, 0.29) is 0 Å². The van der Waals surface area contributed by atoms with Crippen LogP contribution in [0.2, 0.25) is 0 Å². The van der Waals surface area contributed by atoms with E-state index in [1.807, 2.05) is 0 Å². The monoisotopic (exact) mass is 196 g/mol. The number of nitrogens with zero attached hydrogens (tertiary/aromatic N) is 2. The molecule has 1 aromatic heterocycles. The Morgan fingerprint density at radius 1 is 1.43 bits per heavy atom. The highest BCUT2D eigenvalue weighted by atomic mass is 16.5. The van der Waals surface area contributed by atoms with Gasteiger partial charge in [0, 0.05) is 6.42 Å². The first-order chi connectivity index (χ1) is 6.88. The Morgan fingerprint density at radius 3 is 2.86 bits per heavy atom. The smallest absolute Gasteiger partial charge is 0.240 e. The van der Waals surface area contributed by atoms with Gasteiger partial charge in [0.15, 0.2) is 5.82 Å². The Bertz CT molecular complexity index is 280. The maximum Gasteiger partial charge on any atom is 0.240 e. The maximum absolute atomic E-state index is 5.39. The van der Waals surface area contributed by atoms with E-state index in [0.29, 0.717) is 18.4 Å². The largest absolute Gasteiger partial charge is 0.338 e. The number of nitrogens with one attached hydrogen (secondary N) is 1. The molecule has 0 aliphatic carbocycles. The van der Waals surface area contributed by atoms with Crippen molar-refractivity contribution in [1.82, 2.24) is 15.5 Å². The third-order valence-electron chi connectivity index (χ3n) is 2.61. The van der Waals surface area contributed by atoms with Crippen LogP contribution in [0, 0.1) is 5.92 Å². The second-order valence-corrected chi connectivity index (χ2v) is 3.71. The second kappa shape index (κ2) is 4.52. The van der Waals surface area contributed by atoms with Gasteiger partial charge in [-0.15, -0.1) is 0 Å². The van der Waals surface area contributed by atoms with Crippen molar-refractivity contribution < 1.29 is 4.52 Å². The number of piperidine rings is 1. The highest BCUT2D eigenvalue weighted by molar-refractivity contribution is 4.88. The molecular formula is C9H16N4O. The summed E-state index contributed by atoms with van der Waals surface area (Å²) in [4.78, 5) is 4.20. The summed E-state index contributed by atoms with van der Waals surface area (Å²) in [5.41, 5.74) is 5.39. The summed E-state index contributed by atoms with van der Waals surface area (Å²) in [6.07, 6.45) is 3.32. The van der Waals surface area contributed by atoms with Crippen molar-refractivity contribution in [2.75, 3.05) is 13.1 Å². The zero-order valence-electron chi connectivity index (χ0n) is 8.20. The molecule has 0 bridgehead atoms. The van der Waals surface area contributed by atoms with Gasteiger partial charge in [-0.05, 0) is 31.8 Å². The Hall–Kier alpha value is -0.940. The molecule has 3 N–H and O–H groups in total. The summed E-state index contributed by atoms with van der Waals surface area (Å²) in [6, 6.07) is 0. The standard InChI is InChI=1S/C9H16N4O/c10-6-9-12-8(13-14-9)5-7-1-3-11-4-2-7/h7,11H,1-6,10H2. The van der Waals surface area contributed by atoms with Gasteiger partial charge < -0.3 is 15.6 Å². The third kappa shape index (κ3) is 2.30. The number of rotatable bonds is 3. The molecule has 0 radical (unpaired) electrons. The normalized spacial score (nSPS) is 18.6. The Morgan fingerprint density at radius 2 is 2.21 bits per heavy atom. The Labute approximate surface area is 83.1 Å². The van der Waals surface area contributed by atoms with Gasteiger partial charge in [0.05, 0.1) is 6.54 Å². The van der Waals surface area contributed by atoms with E-state index in [4.69, 9.17) is 10.3 Å². The van der Waals surface area contributed by atoms with Crippen LogP contribution in [0.4, 0.5) is 0 Å². The molecule has 0 spiro atoms. The quantitative estimate of drug-likeness (QED) is 0.715. The predicted octanol–water partition coefficient (Wildman–Crippen LogP) is 0.0704. The van der Waals surface area contributed by atoms with Crippen LogP contribution in [0.1, 0.15) is 24.6 Å². The van der Waals surface area contributed by atoms with Gasteiger partial charge in [-0.3, -0.25) is 0 Å². The van der Waals surface area contributed by atoms with Crippen molar-refractivity contribution in [2.45, 2.75) is 25.8 Å². The summed E-state index contributed by atoms with van der Waals surface area (Å²) in [7, 11) is 0. The molecule has 2 rings (SSSR count). The molecular weight excluding hydrogens is 180 g/mol. The van der Waals surface area contributed by atoms with E-state index in [9.17, 15) is 0 Å². The molecule has 5 nitrogen and oxygen atoms in total. The lowest BCUT2D eigenvalue weighted by Crippen LogP contribution is -2.28. The number of nitrogens with two attached hydrogens (primary N) is 1. The number of hydrogen-bond donors (Lipinski definition) is 2. The molecule has 0 atom stereocenters. The Balaban J connectivity index is 1.89. The molecule has 1 saturated heterocycles. The summed E-state index contributed by atoms with van der Waals surface area (Å²) < 4.78 is 4.95. The fraction of sp³-hybridized carbons (Fsp3) is 0.778. The van der Waals surface area contributed by atoms with Crippen LogP contribution in [0.25, 0.3) is 0 Å². The molecule has 14 heavy (non-hydrogen) atoms. The van der Waals surface area contributed by atoms with E-state index >= 15 is 0 Å². The average Bonchev–Trinajstić information content (AvgIpc) is 2.67. The fourth-order valence-corrected chi connectivity index (χ4v) is 1.80. The summed E-state index contributed by atoms with van der Waals surface area (Å²) in [6.45, 7) is 2.54. The van der Waals surface area contributed by atoms with Crippen LogP contribution in [0.5, 0.6) is 0 Å². The van der Waals surface area contributed by atoms with Crippen molar-refractivity contribution in [3.8, 4) is 0 Å². The molecule has 1 fully saturated rings. The van der Waals surface area contributed by atoms with Crippen LogP contribution in [-0.4, -0.2) is 23.2 Å². The van der Waals surface area contributed by atoms with Crippen molar-refractivity contribution in [2.24, 2.45) is 11.7 Å². The van der Waals surface area contributed by atoms with E-state index in [1.165, 1.54) is 12.8 Å². The maximum atomic E-state index is 5.39. The molecule has 1 aromatic rings. The average molecular weight is 196 g/mol. The zero-order chi connectivity index (χ0) is 9.80. The molecule has 78 valence electrons. The van der Waals surface area contributed by atoms with Crippen molar-refractivity contribution in [3.63, 3.8) is 0 Å². The number of hydrogen-bond acceptors (Lipinski definition) is 5. The third-order valence-corrected chi connectivity index (χ3v) is 2.61. The van der Waals surface area contributed by atoms with Gasteiger partial charge in [0.25, 0.3) is 0 Å². The molecule has 0 aromatic carbocycles. The highest BCUT2D eigenvalue weighted by Crippen LogP contribution is 2.16. The lowest BCUT2D eigenvalue weighted by Gasteiger charge is -2.20. The number of aromatic nitrogens is 2. The van der Waals surface area contributed by atoms with Crippen LogP contribution in [-0.2, 0) is 13.0 Å². The van der Waals surface area contributed by atoms with E-state index in [0.717, 1.165) is 25.3 Å². The summed E-state index contributed by atoms with van der Waals surface area (Å²) in [5, 5.41) is 7.23. The minimum Gasteiger partial charge on any atom is -0.338 e. The molecule has 0 amide bonds. The molecule has 1 aliphatic heterocycles. The predicted molar refractivity (Wildman–Crippen MR) is 51.5 cm³/mol. The van der Waals surface area contributed by atoms with E-state index in [2.05, 4.69) is 15.5 Å². The SMILES string of the molecule is NCc1nc(CC2CCNCC2)no1. The van der Waals surface area contributed by atoms with Gasteiger partial charge in [-0.1, -0.05) is 5.16 Å². The molecule has 5 heteroatoms. The fourth-order valence-electron chi connectivity index (χ4n) is 1.80. The summed E-state index contributed by atoms with van der Waals surface area (Å²) in [5.74, 6) is 2.03. The van der Waals surface area contributed by atoms with Crippen LogP contribution in [0.15, 0.2) is 4.52 Å². The minimum absolute atomic E-state index is 0.333. The molecule has 1 aliphatic rings. The van der Waals surface area contributed by atoms with Gasteiger partial charge >= 0.3 is 0 Å². The van der Waals surface area contributed by atoms with Gasteiger partial charge in [-0.2, -0.15) is 4.98 Å². The topological polar surface area (TPSA) is 77.0 Å². The van der Waals surface area contributed by atoms with Crippen molar-refractivity contribution >= 4 is 0 Å². The first-order valence-corrected chi connectivity index (χ1v) is 5.10. The lowest BCUT2D eigenvalue weighted by molar-refractivity contribution is 0.348. The zero-order valence-corrected chi connectivity index (χ0v) is 8.20. The van der Waals surface area contributed by atoms with Crippen molar-refractivity contribution in [3.05, 3.63) is 11.7 Å². The highest BCUT2D eigenvalue weighted by Gasteiger charge is 2.16. The molecule has 2 heterocycles. The van der Waals surface area contributed by atoms with Crippen LogP contribution in [0.3, 0.4) is 0 Å². The van der Waals surface area contributed by atoms with Gasteiger partial charge in [0.1, 0.15) is 0 Å². The van der Waals surface area contributed by atoms with Gasteiger partial charge in [0.2, 0.25) is 5.89 Å². The van der Waals surface area contributed by atoms with Crippen LogP contribution >= 0.6 is 0 Å². The van der Waals surface area contributed by atoms with E-state index in [1.54, 1.807) is 0 Å². The Kier molecular flexibility index (Phi) is 3.10. The first-order valence-electron chi connectivity index (χ1n) is 5.10. The van der Waals surface area contributed by atoms with Crippen LogP contribution < -0.4 is 11.1 Å². The molecule has 0 saturated carbocycles. The van der Waals surface area contributed by atoms with E-state index < -0.39 is 0 Å². The first kappa shape index (κ1) is 9.61. The van der Waals surface area contributed by atoms with Gasteiger partial charge in [-0.25, -0.2) is 0 Å². The second-order valence-electron chi connectivity index (χ2n) is 3.71. The molecule has 0 unspecified atom stereocenters. The minimum atomic E-state index is 0.333. The van der Waals surface area contributed by atoms with Crippen molar-refractivity contribution in [1.29, 1.82) is 0 Å². The lowest BCUT2D eigenvalue weighted by atomic mass is 9.94.